The average Bonchev–Trinajstić information content (AvgIpc) is 1.35. The fraction of sp³-hybridized carbons (Fsp3) is 1.00. The Morgan fingerprint density at radius 2 is 2.00 bits per heavy atom. The van der Waals surface area contributed by atoms with E-state index in [0.717, 1.165) is 16.7 Å². The molecule has 1 unspecified atom stereocenters. The molecule has 0 N–H and O–H groups in total. The standard InChI is InChI=1S/C4H11ClSi/c1-3-4(2,5)6/h3H2,1-2,6H3. The highest BCUT2D eigenvalue weighted by Crippen LogP contribution is 2.11. The predicted molar refractivity (Wildman–Crippen MR) is 34.5 cm³/mol. The summed E-state index contributed by atoms with van der Waals surface area (Å²) in [5.41, 5.74) is 0. The minimum atomic E-state index is 0.153. The van der Waals surface area contributed by atoms with E-state index >= 15 is 0 Å². The van der Waals surface area contributed by atoms with Crippen LogP contribution in [0.5, 0.6) is 0 Å². The Hall–Kier alpha value is 0.507. The molecular formula is C4H11ClSi. The number of alkyl halides is 1. The molecule has 0 rings (SSSR count). The van der Waals surface area contributed by atoms with E-state index in [1.165, 1.54) is 0 Å². The zero-order chi connectivity index (χ0) is 5.21. The van der Waals surface area contributed by atoms with Crippen molar-refractivity contribution < 1.29 is 0 Å². The first-order chi connectivity index (χ1) is 2.56. The number of halogens is 1. The summed E-state index contributed by atoms with van der Waals surface area (Å²) in [7, 11) is 1.09. The summed E-state index contributed by atoms with van der Waals surface area (Å²) in [5.74, 6) is 0. The van der Waals surface area contributed by atoms with E-state index in [1.807, 2.05) is 0 Å². The van der Waals surface area contributed by atoms with Gasteiger partial charge in [-0.1, -0.05) is 6.92 Å². The summed E-state index contributed by atoms with van der Waals surface area (Å²) in [6.45, 7) is 4.18. The lowest BCUT2D eigenvalue weighted by molar-refractivity contribution is 0.820. The van der Waals surface area contributed by atoms with Crippen LogP contribution >= 0.6 is 11.6 Å². The molecule has 6 heavy (non-hydrogen) atoms. The highest BCUT2D eigenvalue weighted by molar-refractivity contribution is 6.44. The fourth-order valence-electron chi connectivity index (χ4n) is 0. The van der Waals surface area contributed by atoms with Gasteiger partial charge >= 0.3 is 0 Å². The molecular weight excluding hydrogens is 112 g/mol. The van der Waals surface area contributed by atoms with Crippen LogP contribution < -0.4 is 0 Å². The largest absolute Gasteiger partial charge is 0.124 e. The van der Waals surface area contributed by atoms with Gasteiger partial charge in [0.2, 0.25) is 0 Å². The van der Waals surface area contributed by atoms with Crippen LogP contribution in [0.25, 0.3) is 0 Å². The maximum atomic E-state index is 5.78. The minimum Gasteiger partial charge on any atom is -0.124 e. The minimum absolute atomic E-state index is 0.153. The quantitative estimate of drug-likeness (QED) is 0.355. The molecule has 0 heterocycles. The highest BCUT2D eigenvalue weighted by Gasteiger charge is 2.06. The van der Waals surface area contributed by atoms with Crippen molar-refractivity contribution in [2.75, 3.05) is 0 Å². The molecule has 0 aliphatic heterocycles. The summed E-state index contributed by atoms with van der Waals surface area (Å²) in [6, 6.07) is 0. The van der Waals surface area contributed by atoms with Crippen LogP contribution in [0, 0.1) is 0 Å². The van der Waals surface area contributed by atoms with E-state index < -0.39 is 0 Å². The lowest BCUT2D eigenvalue weighted by Gasteiger charge is -2.09. The van der Waals surface area contributed by atoms with Crippen LogP contribution in [0.15, 0.2) is 0 Å². The number of rotatable bonds is 1. The van der Waals surface area contributed by atoms with E-state index in [0.29, 0.717) is 0 Å². The molecule has 0 aromatic heterocycles. The fourth-order valence-corrected chi connectivity index (χ4v) is 0. The Labute approximate surface area is 47.3 Å². The average molecular weight is 123 g/mol. The van der Waals surface area contributed by atoms with E-state index in [-0.39, 0.29) is 4.50 Å². The molecule has 0 spiro atoms. The smallest absolute Gasteiger partial charge is 0.0290 e. The van der Waals surface area contributed by atoms with Gasteiger partial charge < -0.3 is 0 Å². The van der Waals surface area contributed by atoms with Crippen molar-refractivity contribution in [2.45, 2.75) is 24.8 Å². The van der Waals surface area contributed by atoms with Crippen LogP contribution in [0.1, 0.15) is 20.3 Å². The lowest BCUT2D eigenvalue weighted by atomic mass is 10.4. The Bertz CT molecular complexity index is 37.3. The molecule has 0 aliphatic carbocycles. The maximum Gasteiger partial charge on any atom is 0.0290 e. The van der Waals surface area contributed by atoms with E-state index in [4.69, 9.17) is 11.6 Å². The zero-order valence-corrected chi connectivity index (χ0v) is 7.34. The van der Waals surface area contributed by atoms with E-state index in [1.54, 1.807) is 0 Å². The third-order valence-electron chi connectivity index (χ3n) is 0.841. The van der Waals surface area contributed by atoms with E-state index in [9.17, 15) is 0 Å². The topological polar surface area (TPSA) is 0 Å². The van der Waals surface area contributed by atoms with Gasteiger partial charge in [-0.15, -0.1) is 11.6 Å². The molecule has 0 bridgehead atoms. The van der Waals surface area contributed by atoms with Gasteiger partial charge in [-0.3, -0.25) is 0 Å². The van der Waals surface area contributed by atoms with Gasteiger partial charge in [0.05, 0.1) is 0 Å². The van der Waals surface area contributed by atoms with Crippen molar-refractivity contribution in [3.05, 3.63) is 0 Å². The molecule has 0 saturated heterocycles. The van der Waals surface area contributed by atoms with Crippen LogP contribution in [-0.2, 0) is 0 Å². The molecule has 0 nitrogen and oxygen atoms in total. The first-order valence-electron chi connectivity index (χ1n) is 2.25. The molecule has 0 aromatic rings. The van der Waals surface area contributed by atoms with Crippen molar-refractivity contribution in [3.8, 4) is 0 Å². The predicted octanol–water partition coefficient (Wildman–Crippen LogP) is 0.717. The Balaban J connectivity index is 3.17. The van der Waals surface area contributed by atoms with Crippen molar-refractivity contribution in [1.29, 1.82) is 0 Å². The van der Waals surface area contributed by atoms with Gasteiger partial charge in [0.1, 0.15) is 0 Å². The van der Waals surface area contributed by atoms with Gasteiger partial charge in [-0.2, -0.15) is 0 Å². The summed E-state index contributed by atoms with van der Waals surface area (Å²) in [6.07, 6.45) is 1.10. The summed E-state index contributed by atoms with van der Waals surface area (Å²) in [4.78, 5) is 0. The third-order valence-corrected chi connectivity index (χ3v) is 1.82. The lowest BCUT2D eigenvalue weighted by Crippen LogP contribution is -2.12. The zero-order valence-electron chi connectivity index (χ0n) is 4.59. The van der Waals surface area contributed by atoms with Crippen LogP contribution in [0.4, 0.5) is 0 Å². The molecule has 2 heteroatoms. The molecule has 0 aromatic carbocycles. The highest BCUT2D eigenvalue weighted by atomic mass is 35.5. The van der Waals surface area contributed by atoms with Crippen LogP contribution in [-0.4, -0.2) is 14.7 Å². The van der Waals surface area contributed by atoms with Crippen molar-refractivity contribution in [1.82, 2.24) is 0 Å². The number of hydrogen-bond acceptors (Lipinski definition) is 0. The molecule has 38 valence electrons. The molecule has 0 amide bonds. The van der Waals surface area contributed by atoms with Gasteiger partial charge in [0, 0.05) is 14.7 Å². The number of hydrogen-bond donors (Lipinski definition) is 0. The van der Waals surface area contributed by atoms with Crippen molar-refractivity contribution in [2.24, 2.45) is 0 Å². The van der Waals surface area contributed by atoms with Crippen LogP contribution in [0.3, 0.4) is 0 Å². The molecule has 0 saturated carbocycles. The molecule has 1 atom stereocenters. The second-order valence-corrected chi connectivity index (χ2v) is 5.94. The summed E-state index contributed by atoms with van der Waals surface area (Å²) < 4.78 is 0.153. The van der Waals surface area contributed by atoms with Gasteiger partial charge in [-0.05, 0) is 13.3 Å². The molecule has 0 fully saturated rings. The first kappa shape index (κ1) is 6.51. The molecule has 0 radical (unpaired) electrons. The Morgan fingerprint density at radius 1 is 1.83 bits per heavy atom. The Morgan fingerprint density at radius 3 is 2.00 bits per heavy atom. The Kier molecular flexibility index (Phi) is 2.15. The summed E-state index contributed by atoms with van der Waals surface area (Å²) in [5, 5.41) is 0. The van der Waals surface area contributed by atoms with Crippen LogP contribution in [0.2, 0.25) is 0 Å². The van der Waals surface area contributed by atoms with Gasteiger partial charge in [0.15, 0.2) is 0 Å². The SMILES string of the molecule is CCC(C)([SiH3])Cl. The first-order valence-corrected chi connectivity index (χ1v) is 3.63. The van der Waals surface area contributed by atoms with Crippen molar-refractivity contribution >= 4 is 21.8 Å². The second-order valence-electron chi connectivity index (χ2n) is 2.07. The molecule has 0 aliphatic rings. The normalized spacial score (nSPS) is 20.5. The second kappa shape index (κ2) is 1.98. The third kappa shape index (κ3) is 4.51. The monoisotopic (exact) mass is 122 g/mol. The van der Waals surface area contributed by atoms with Crippen molar-refractivity contribution in [3.63, 3.8) is 0 Å². The van der Waals surface area contributed by atoms with Gasteiger partial charge in [0.25, 0.3) is 0 Å². The maximum absolute atomic E-state index is 5.78. The summed E-state index contributed by atoms with van der Waals surface area (Å²) >= 11 is 5.78. The van der Waals surface area contributed by atoms with E-state index in [2.05, 4.69) is 13.8 Å². The van der Waals surface area contributed by atoms with Gasteiger partial charge in [-0.25, -0.2) is 0 Å².